The summed E-state index contributed by atoms with van der Waals surface area (Å²) in [4.78, 5) is 21.6. The first-order valence-electron chi connectivity index (χ1n) is 4.86. The minimum atomic E-state index is -1.16. The molecule has 0 aliphatic rings. The number of nitrogen functional groups attached to an aromatic ring is 1. The molecule has 6 heteroatoms. The number of rotatable bonds is 2. The van der Waals surface area contributed by atoms with E-state index in [1.54, 1.807) is 0 Å². The number of carbonyl (C=O) groups excluding carboxylic acids is 1. The van der Waals surface area contributed by atoms with E-state index >= 15 is 0 Å². The van der Waals surface area contributed by atoms with E-state index in [2.05, 4.69) is 11.8 Å². The van der Waals surface area contributed by atoms with Crippen LogP contribution >= 0.6 is 23.4 Å². The fourth-order valence-electron chi connectivity index (χ4n) is 1.17. The molecule has 0 unspecified atom stereocenters. The number of nitrogens with two attached hydrogens (primary N) is 1. The van der Waals surface area contributed by atoms with E-state index in [-0.39, 0.29) is 21.4 Å². The Morgan fingerprint density at radius 2 is 2.17 bits per heavy atom. The highest BCUT2D eigenvalue weighted by Crippen LogP contribution is 2.22. The van der Waals surface area contributed by atoms with E-state index in [1.807, 2.05) is 0 Å². The largest absolute Gasteiger partial charge is 0.478 e. The van der Waals surface area contributed by atoms with Gasteiger partial charge in [-0.3, -0.25) is 4.79 Å². The maximum Gasteiger partial charge on any atom is 0.337 e. The molecule has 0 fully saturated rings. The molecule has 0 bridgehead atoms. The van der Waals surface area contributed by atoms with Crippen LogP contribution in [-0.2, 0) is 4.79 Å². The normalized spacial score (nSPS) is 9.44. The van der Waals surface area contributed by atoms with Crippen molar-refractivity contribution in [1.82, 2.24) is 0 Å². The van der Waals surface area contributed by atoms with Crippen LogP contribution in [0.25, 0.3) is 0 Å². The number of hydrogen-bond donors (Lipinski definition) is 2. The Bertz CT molecular complexity index is 560. The maximum atomic E-state index is 10.9. The summed E-state index contributed by atoms with van der Waals surface area (Å²) in [6, 6.07) is 2.77. The van der Waals surface area contributed by atoms with Crippen molar-refractivity contribution in [2.75, 3.05) is 11.5 Å². The average molecular weight is 284 g/mol. The lowest BCUT2D eigenvalue weighted by atomic mass is 10.1. The lowest BCUT2D eigenvalue weighted by Gasteiger charge is -2.04. The van der Waals surface area contributed by atoms with Crippen molar-refractivity contribution in [1.29, 1.82) is 0 Å². The van der Waals surface area contributed by atoms with Gasteiger partial charge in [-0.05, 0) is 12.1 Å². The molecule has 0 radical (unpaired) electrons. The summed E-state index contributed by atoms with van der Waals surface area (Å²) < 4.78 is 0. The molecule has 1 rings (SSSR count). The third-order valence-electron chi connectivity index (χ3n) is 1.95. The van der Waals surface area contributed by atoms with Gasteiger partial charge in [0.05, 0.1) is 17.0 Å². The van der Waals surface area contributed by atoms with Gasteiger partial charge in [-0.25, -0.2) is 4.79 Å². The number of thioether (sulfide) groups is 1. The topological polar surface area (TPSA) is 80.4 Å². The second-order valence-corrected chi connectivity index (χ2v) is 4.89. The highest BCUT2D eigenvalue weighted by Gasteiger charge is 2.12. The van der Waals surface area contributed by atoms with Gasteiger partial charge in [0.2, 0.25) is 0 Å². The Kier molecular flexibility index (Phi) is 5.08. The van der Waals surface area contributed by atoms with Crippen LogP contribution in [0.2, 0.25) is 5.02 Å². The maximum absolute atomic E-state index is 10.9. The monoisotopic (exact) mass is 283 g/mol. The van der Waals surface area contributed by atoms with Gasteiger partial charge in [-0.1, -0.05) is 35.2 Å². The second kappa shape index (κ2) is 6.34. The number of benzene rings is 1. The van der Waals surface area contributed by atoms with Crippen molar-refractivity contribution in [3.63, 3.8) is 0 Å². The van der Waals surface area contributed by atoms with Crippen LogP contribution in [0.1, 0.15) is 22.8 Å². The molecule has 4 nitrogen and oxygen atoms in total. The van der Waals surface area contributed by atoms with Crippen LogP contribution < -0.4 is 5.73 Å². The number of carboxylic acids is 1. The molecule has 0 aliphatic carbocycles. The summed E-state index contributed by atoms with van der Waals surface area (Å²) in [6.45, 7) is 1.45. The van der Waals surface area contributed by atoms with Crippen molar-refractivity contribution in [3.8, 4) is 11.8 Å². The standard InChI is InChI=1S/C12H10ClNO3S/c1-7(15)18-4-2-3-8-5-9(13)6-10(11(8)14)12(16)17/h5-6H,4,14H2,1H3,(H,16,17). The third-order valence-corrected chi connectivity index (χ3v) is 2.86. The fraction of sp³-hybridized carbons (Fsp3) is 0.167. The Hall–Kier alpha value is -1.64. The Labute approximate surface area is 114 Å². The van der Waals surface area contributed by atoms with Crippen molar-refractivity contribution in [2.45, 2.75) is 6.92 Å². The molecule has 0 spiro atoms. The summed E-state index contributed by atoms with van der Waals surface area (Å²) in [5.74, 6) is 4.60. The smallest absolute Gasteiger partial charge is 0.337 e. The number of carboxylic acid groups (broad SMARTS) is 1. The van der Waals surface area contributed by atoms with Crippen LogP contribution in [-0.4, -0.2) is 21.9 Å². The first kappa shape index (κ1) is 14.4. The van der Waals surface area contributed by atoms with Crippen molar-refractivity contribution in [2.24, 2.45) is 0 Å². The SMILES string of the molecule is CC(=O)SCC#Cc1cc(Cl)cc(C(=O)O)c1N. The van der Waals surface area contributed by atoms with Crippen LogP contribution in [0.5, 0.6) is 0 Å². The summed E-state index contributed by atoms with van der Waals surface area (Å²) in [5, 5.41) is 9.15. The van der Waals surface area contributed by atoms with Gasteiger partial charge in [-0.15, -0.1) is 0 Å². The van der Waals surface area contributed by atoms with E-state index in [0.29, 0.717) is 11.3 Å². The summed E-state index contributed by atoms with van der Waals surface area (Å²) in [7, 11) is 0. The van der Waals surface area contributed by atoms with E-state index in [1.165, 1.54) is 19.1 Å². The lowest BCUT2D eigenvalue weighted by molar-refractivity contribution is -0.109. The Morgan fingerprint density at radius 3 is 2.72 bits per heavy atom. The van der Waals surface area contributed by atoms with Crippen LogP contribution in [0.3, 0.4) is 0 Å². The van der Waals surface area contributed by atoms with Crippen LogP contribution in [0.15, 0.2) is 12.1 Å². The quantitative estimate of drug-likeness (QED) is 0.643. The summed E-state index contributed by atoms with van der Waals surface area (Å²) >= 11 is 6.85. The van der Waals surface area contributed by atoms with Gasteiger partial charge in [0, 0.05) is 17.5 Å². The van der Waals surface area contributed by atoms with Crippen LogP contribution in [0.4, 0.5) is 5.69 Å². The van der Waals surface area contributed by atoms with Crippen LogP contribution in [0, 0.1) is 11.8 Å². The number of aromatic carboxylic acids is 1. The van der Waals surface area contributed by atoms with Gasteiger partial charge in [0.1, 0.15) is 0 Å². The molecule has 0 heterocycles. The number of halogens is 1. The van der Waals surface area contributed by atoms with Gasteiger partial charge < -0.3 is 10.8 Å². The average Bonchev–Trinajstić information content (AvgIpc) is 2.27. The summed E-state index contributed by atoms with van der Waals surface area (Å²) in [5.41, 5.74) is 6.03. The highest BCUT2D eigenvalue weighted by atomic mass is 35.5. The van der Waals surface area contributed by atoms with Crippen molar-refractivity contribution in [3.05, 3.63) is 28.3 Å². The zero-order valence-electron chi connectivity index (χ0n) is 9.49. The van der Waals surface area contributed by atoms with Gasteiger partial charge in [-0.2, -0.15) is 0 Å². The predicted molar refractivity (Wildman–Crippen MR) is 72.8 cm³/mol. The molecule has 0 atom stereocenters. The fourth-order valence-corrected chi connectivity index (χ4v) is 1.73. The van der Waals surface area contributed by atoms with E-state index in [4.69, 9.17) is 22.4 Å². The molecule has 0 aliphatic heterocycles. The Balaban J connectivity index is 3.02. The molecule has 3 N–H and O–H groups in total. The zero-order valence-corrected chi connectivity index (χ0v) is 11.1. The molecule has 1 aromatic carbocycles. The minimum absolute atomic E-state index is 0.0328. The molecule has 0 saturated heterocycles. The second-order valence-electron chi connectivity index (χ2n) is 3.30. The predicted octanol–water partition coefficient (Wildman–Crippen LogP) is 2.25. The molecule has 0 amide bonds. The third kappa shape index (κ3) is 3.99. The molecule has 18 heavy (non-hydrogen) atoms. The first-order valence-corrected chi connectivity index (χ1v) is 6.22. The molecule has 1 aromatic rings. The van der Waals surface area contributed by atoms with E-state index in [9.17, 15) is 9.59 Å². The van der Waals surface area contributed by atoms with Gasteiger partial charge in [0.15, 0.2) is 5.12 Å². The Morgan fingerprint density at radius 1 is 1.50 bits per heavy atom. The molecular formula is C12H10ClNO3S. The minimum Gasteiger partial charge on any atom is -0.478 e. The molecule has 0 aromatic heterocycles. The molecule has 94 valence electrons. The number of carbonyl (C=O) groups is 2. The van der Waals surface area contributed by atoms with Gasteiger partial charge in [0.25, 0.3) is 0 Å². The van der Waals surface area contributed by atoms with E-state index < -0.39 is 5.97 Å². The van der Waals surface area contributed by atoms with E-state index in [0.717, 1.165) is 11.8 Å². The zero-order chi connectivity index (χ0) is 13.7. The first-order chi connectivity index (χ1) is 8.41. The van der Waals surface area contributed by atoms with Crippen molar-refractivity contribution >= 4 is 40.1 Å². The lowest BCUT2D eigenvalue weighted by Crippen LogP contribution is -2.04. The highest BCUT2D eigenvalue weighted by molar-refractivity contribution is 8.13. The number of anilines is 1. The molecular weight excluding hydrogens is 274 g/mol. The van der Waals surface area contributed by atoms with Gasteiger partial charge >= 0.3 is 5.97 Å². The summed E-state index contributed by atoms with van der Waals surface area (Å²) in [6.07, 6.45) is 0. The number of hydrogen-bond acceptors (Lipinski definition) is 4. The molecule has 0 saturated carbocycles. The van der Waals surface area contributed by atoms with Crippen molar-refractivity contribution < 1.29 is 14.7 Å².